The molecule has 0 bridgehead atoms. The van der Waals surface area contributed by atoms with Gasteiger partial charge in [0.25, 0.3) is 0 Å². The second kappa shape index (κ2) is 6.76. The van der Waals surface area contributed by atoms with Crippen LogP contribution in [-0.4, -0.2) is 44.0 Å². The van der Waals surface area contributed by atoms with Gasteiger partial charge in [-0.1, -0.05) is 0 Å². The van der Waals surface area contributed by atoms with Crippen LogP contribution in [0, 0.1) is 5.92 Å². The third-order valence-electron chi connectivity index (χ3n) is 3.16. The van der Waals surface area contributed by atoms with Gasteiger partial charge in [0.05, 0.1) is 0 Å². The Labute approximate surface area is 104 Å². The van der Waals surface area contributed by atoms with Crippen LogP contribution in [0.4, 0.5) is 0 Å². The van der Waals surface area contributed by atoms with Gasteiger partial charge in [-0.05, 0) is 38.6 Å². The van der Waals surface area contributed by atoms with Gasteiger partial charge in [0.15, 0.2) is 0 Å². The van der Waals surface area contributed by atoms with Crippen LogP contribution in [0.2, 0.25) is 0 Å². The predicted octanol–water partition coefficient (Wildman–Crippen LogP) is 0.921. The van der Waals surface area contributed by atoms with E-state index in [2.05, 4.69) is 5.32 Å². The summed E-state index contributed by atoms with van der Waals surface area (Å²) in [6.07, 6.45) is 4.21. The first kappa shape index (κ1) is 16.1. The van der Waals surface area contributed by atoms with Gasteiger partial charge in [-0.15, -0.1) is 12.4 Å². The topological polar surface area (TPSA) is 69.6 Å². The summed E-state index contributed by atoms with van der Waals surface area (Å²) in [7, 11) is -0.634. The highest BCUT2D eigenvalue weighted by Crippen LogP contribution is 2.24. The maximum Gasteiger partial charge on any atom is 0.335 e. The van der Waals surface area contributed by atoms with Crippen molar-refractivity contribution in [2.24, 2.45) is 5.92 Å². The maximum atomic E-state index is 10.8. The van der Waals surface area contributed by atoms with Gasteiger partial charge in [0.2, 0.25) is 0 Å². The summed E-state index contributed by atoms with van der Waals surface area (Å²) >= 11 is 0. The van der Waals surface area contributed by atoms with Gasteiger partial charge in [-0.3, -0.25) is 4.55 Å². The van der Waals surface area contributed by atoms with Crippen molar-refractivity contribution in [1.82, 2.24) is 9.62 Å². The minimum Gasteiger partial charge on any atom is -0.317 e. The number of halogens is 1. The highest BCUT2D eigenvalue weighted by molar-refractivity contribution is 7.83. The van der Waals surface area contributed by atoms with Crippen LogP contribution in [0.25, 0.3) is 0 Å². The van der Waals surface area contributed by atoms with E-state index in [9.17, 15) is 8.42 Å². The van der Waals surface area contributed by atoms with Crippen LogP contribution in [0.5, 0.6) is 0 Å². The maximum absolute atomic E-state index is 10.8. The fourth-order valence-corrected chi connectivity index (χ4v) is 2.49. The van der Waals surface area contributed by atoms with Crippen molar-refractivity contribution in [3.05, 3.63) is 0 Å². The molecule has 7 heteroatoms. The summed E-state index contributed by atoms with van der Waals surface area (Å²) in [5.74, 6) is 0.376. The molecular formula is C9H21ClN2O3S. The van der Waals surface area contributed by atoms with Crippen molar-refractivity contribution in [3.63, 3.8) is 0 Å². The Morgan fingerprint density at radius 2 is 1.81 bits per heavy atom. The zero-order chi connectivity index (χ0) is 11.5. The summed E-state index contributed by atoms with van der Waals surface area (Å²) in [4.78, 5) is 0. The molecule has 5 nitrogen and oxygen atoms in total. The average Bonchev–Trinajstić information content (AvgIpc) is 2.17. The molecule has 2 N–H and O–H groups in total. The van der Waals surface area contributed by atoms with E-state index in [4.69, 9.17) is 4.55 Å². The molecule has 1 aliphatic carbocycles. The van der Waals surface area contributed by atoms with Crippen molar-refractivity contribution in [3.8, 4) is 0 Å². The third kappa shape index (κ3) is 4.97. The standard InChI is InChI=1S/C9H20N2O3S.ClH/c1-10-9-5-3-8(4-6-9)7-11(2)15(12,13)14;/h8-10H,3-7H2,1-2H3,(H,12,13,14);1H. The smallest absolute Gasteiger partial charge is 0.317 e. The lowest BCUT2D eigenvalue weighted by molar-refractivity contribution is 0.256. The Bertz CT molecular complexity index is 289. The third-order valence-corrected chi connectivity index (χ3v) is 4.10. The molecule has 0 aromatic heterocycles. The molecule has 1 aliphatic rings. The first-order chi connectivity index (χ1) is 6.93. The Hall–Kier alpha value is 0.120. The molecule has 0 aliphatic heterocycles. The molecule has 0 heterocycles. The van der Waals surface area contributed by atoms with Gasteiger partial charge in [-0.25, -0.2) is 0 Å². The number of rotatable bonds is 4. The van der Waals surface area contributed by atoms with E-state index < -0.39 is 10.3 Å². The van der Waals surface area contributed by atoms with E-state index in [1.807, 2.05) is 7.05 Å². The van der Waals surface area contributed by atoms with E-state index in [0.717, 1.165) is 30.0 Å². The Morgan fingerprint density at radius 1 is 1.31 bits per heavy atom. The van der Waals surface area contributed by atoms with E-state index in [1.54, 1.807) is 0 Å². The molecular weight excluding hydrogens is 252 g/mol. The molecule has 0 unspecified atom stereocenters. The lowest BCUT2D eigenvalue weighted by Gasteiger charge is -2.29. The average molecular weight is 273 g/mol. The normalized spacial score (nSPS) is 26.5. The summed E-state index contributed by atoms with van der Waals surface area (Å²) < 4.78 is 31.4. The summed E-state index contributed by atoms with van der Waals surface area (Å²) in [6, 6.07) is 0.567. The summed E-state index contributed by atoms with van der Waals surface area (Å²) in [6.45, 7) is 0.426. The minimum atomic E-state index is -4.00. The van der Waals surface area contributed by atoms with Crippen LogP contribution in [0.1, 0.15) is 25.7 Å². The monoisotopic (exact) mass is 272 g/mol. The molecule has 1 fully saturated rings. The second-order valence-corrected chi connectivity index (χ2v) is 5.78. The van der Waals surface area contributed by atoms with Crippen molar-refractivity contribution < 1.29 is 13.0 Å². The van der Waals surface area contributed by atoms with Gasteiger partial charge >= 0.3 is 10.3 Å². The zero-order valence-electron chi connectivity index (χ0n) is 9.72. The summed E-state index contributed by atoms with van der Waals surface area (Å²) in [5.41, 5.74) is 0. The number of hydrogen-bond donors (Lipinski definition) is 2. The molecule has 98 valence electrons. The minimum absolute atomic E-state index is 0. The first-order valence-electron chi connectivity index (χ1n) is 5.29. The molecule has 0 aromatic carbocycles. The SMILES string of the molecule is CNC1CCC(CN(C)S(=O)(=O)O)CC1.Cl. The Balaban J connectivity index is 0.00000225. The van der Waals surface area contributed by atoms with Gasteiger partial charge in [0, 0.05) is 19.6 Å². The van der Waals surface area contributed by atoms with Gasteiger partial charge in [0.1, 0.15) is 0 Å². The van der Waals surface area contributed by atoms with Crippen LogP contribution in [0.15, 0.2) is 0 Å². The quantitative estimate of drug-likeness (QED) is 0.747. The lowest BCUT2D eigenvalue weighted by atomic mass is 9.86. The van der Waals surface area contributed by atoms with Gasteiger partial charge < -0.3 is 5.32 Å². The largest absolute Gasteiger partial charge is 0.335 e. The van der Waals surface area contributed by atoms with E-state index in [1.165, 1.54) is 7.05 Å². The van der Waals surface area contributed by atoms with Crippen LogP contribution in [-0.2, 0) is 10.3 Å². The predicted molar refractivity (Wildman–Crippen MR) is 66.2 cm³/mol. The number of hydrogen-bond acceptors (Lipinski definition) is 3. The van der Waals surface area contributed by atoms with Crippen molar-refractivity contribution >= 4 is 22.7 Å². The van der Waals surface area contributed by atoms with Crippen molar-refractivity contribution in [2.45, 2.75) is 31.7 Å². The Morgan fingerprint density at radius 3 is 2.19 bits per heavy atom. The van der Waals surface area contributed by atoms with E-state index in [0.29, 0.717) is 18.5 Å². The second-order valence-electron chi connectivity index (χ2n) is 4.26. The fourth-order valence-electron chi connectivity index (χ4n) is 2.09. The van der Waals surface area contributed by atoms with Crippen LogP contribution >= 0.6 is 12.4 Å². The molecule has 1 rings (SSSR count). The zero-order valence-corrected chi connectivity index (χ0v) is 11.4. The number of nitrogens with zero attached hydrogens (tertiary/aromatic N) is 1. The first-order valence-corrected chi connectivity index (χ1v) is 6.69. The molecule has 0 spiro atoms. The summed E-state index contributed by atoms with van der Waals surface area (Å²) in [5, 5.41) is 3.23. The van der Waals surface area contributed by atoms with Gasteiger partial charge in [-0.2, -0.15) is 12.7 Å². The highest BCUT2D eigenvalue weighted by Gasteiger charge is 2.24. The van der Waals surface area contributed by atoms with Crippen LogP contribution < -0.4 is 5.32 Å². The molecule has 0 saturated heterocycles. The van der Waals surface area contributed by atoms with Crippen molar-refractivity contribution in [1.29, 1.82) is 0 Å². The van der Waals surface area contributed by atoms with E-state index >= 15 is 0 Å². The molecule has 16 heavy (non-hydrogen) atoms. The molecule has 1 saturated carbocycles. The van der Waals surface area contributed by atoms with E-state index in [-0.39, 0.29) is 12.4 Å². The number of nitrogens with one attached hydrogen (secondary N) is 1. The van der Waals surface area contributed by atoms with Crippen LogP contribution in [0.3, 0.4) is 0 Å². The molecule has 0 atom stereocenters. The fraction of sp³-hybridized carbons (Fsp3) is 1.00. The molecule has 0 amide bonds. The highest BCUT2D eigenvalue weighted by atomic mass is 35.5. The molecule has 0 aromatic rings. The lowest BCUT2D eigenvalue weighted by Crippen LogP contribution is -2.36. The van der Waals surface area contributed by atoms with Crippen molar-refractivity contribution in [2.75, 3.05) is 20.6 Å². The Kier molecular flexibility index (Phi) is 6.81. The molecule has 0 radical (unpaired) electrons.